The SMILES string of the molecule is C[C@H](NC(=O)NC[C@@H]1CCOC1)c1ccc2c(c1)CC(=O)N2. The Balaban J connectivity index is 1.53. The second-order valence-electron chi connectivity index (χ2n) is 5.95. The third-order valence-electron chi connectivity index (χ3n) is 4.18. The maximum absolute atomic E-state index is 11.9. The summed E-state index contributed by atoms with van der Waals surface area (Å²) in [7, 11) is 0. The number of hydrogen-bond donors (Lipinski definition) is 3. The van der Waals surface area contributed by atoms with Crippen LogP contribution in [0.3, 0.4) is 0 Å². The molecular formula is C16H21N3O3. The van der Waals surface area contributed by atoms with Crippen LogP contribution in [0.25, 0.3) is 0 Å². The van der Waals surface area contributed by atoms with Crippen LogP contribution >= 0.6 is 0 Å². The third-order valence-corrected chi connectivity index (χ3v) is 4.18. The summed E-state index contributed by atoms with van der Waals surface area (Å²) in [5, 5.41) is 8.62. The van der Waals surface area contributed by atoms with Gasteiger partial charge in [-0.1, -0.05) is 12.1 Å². The van der Waals surface area contributed by atoms with Gasteiger partial charge in [0.2, 0.25) is 5.91 Å². The van der Waals surface area contributed by atoms with Gasteiger partial charge in [0.05, 0.1) is 19.1 Å². The molecule has 3 N–H and O–H groups in total. The fourth-order valence-corrected chi connectivity index (χ4v) is 2.83. The minimum atomic E-state index is -0.172. The number of anilines is 1. The number of carbonyl (C=O) groups excluding carboxylic acids is 2. The van der Waals surface area contributed by atoms with Crippen molar-refractivity contribution in [2.24, 2.45) is 5.92 Å². The molecule has 0 aliphatic carbocycles. The van der Waals surface area contributed by atoms with Crippen molar-refractivity contribution in [1.82, 2.24) is 10.6 Å². The second-order valence-corrected chi connectivity index (χ2v) is 5.95. The summed E-state index contributed by atoms with van der Waals surface area (Å²) in [6.45, 7) is 4.08. The van der Waals surface area contributed by atoms with Gasteiger partial charge in [-0.25, -0.2) is 4.79 Å². The molecule has 2 atom stereocenters. The maximum Gasteiger partial charge on any atom is 0.315 e. The first-order valence-corrected chi connectivity index (χ1v) is 7.66. The molecule has 1 saturated heterocycles. The lowest BCUT2D eigenvalue weighted by Gasteiger charge is -2.17. The van der Waals surface area contributed by atoms with Crippen molar-refractivity contribution in [3.63, 3.8) is 0 Å². The van der Waals surface area contributed by atoms with E-state index in [0.29, 0.717) is 18.9 Å². The summed E-state index contributed by atoms with van der Waals surface area (Å²) < 4.78 is 5.29. The van der Waals surface area contributed by atoms with Gasteiger partial charge in [0, 0.05) is 24.8 Å². The maximum atomic E-state index is 11.9. The molecule has 0 aromatic heterocycles. The lowest BCUT2D eigenvalue weighted by Crippen LogP contribution is -2.39. The molecule has 1 aromatic rings. The summed E-state index contributed by atoms with van der Waals surface area (Å²) in [5.41, 5.74) is 2.85. The largest absolute Gasteiger partial charge is 0.381 e. The van der Waals surface area contributed by atoms with E-state index in [0.717, 1.165) is 36.4 Å². The molecule has 0 saturated carbocycles. The van der Waals surface area contributed by atoms with E-state index >= 15 is 0 Å². The first-order chi connectivity index (χ1) is 10.6. The van der Waals surface area contributed by atoms with Crippen molar-refractivity contribution in [3.8, 4) is 0 Å². The van der Waals surface area contributed by atoms with Gasteiger partial charge >= 0.3 is 6.03 Å². The van der Waals surface area contributed by atoms with Crippen LogP contribution in [0, 0.1) is 5.92 Å². The normalized spacial score (nSPS) is 21.1. The van der Waals surface area contributed by atoms with Crippen LogP contribution in [0.4, 0.5) is 10.5 Å². The Kier molecular flexibility index (Phi) is 4.29. The number of carbonyl (C=O) groups is 2. The molecule has 3 amide bonds. The van der Waals surface area contributed by atoms with Crippen LogP contribution in [0.5, 0.6) is 0 Å². The highest BCUT2D eigenvalue weighted by Crippen LogP contribution is 2.26. The molecule has 6 nitrogen and oxygen atoms in total. The highest BCUT2D eigenvalue weighted by Gasteiger charge is 2.20. The number of fused-ring (bicyclic) bond motifs is 1. The Morgan fingerprint density at radius 1 is 1.50 bits per heavy atom. The Morgan fingerprint density at radius 3 is 3.14 bits per heavy atom. The van der Waals surface area contributed by atoms with Crippen molar-refractivity contribution in [3.05, 3.63) is 29.3 Å². The summed E-state index contributed by atoms with van der Waals surface area (Å²) in [4.78, 5) is 23.3. The summed E-state index contributed by atoms with van der Waals surface area (Å²) in [6, 6.07) is 5.51. The van der Waals surface area contributed by atoms with Gasteiger partial charge in [0.1, 0.15) is 0 Å². The van der Waals surface area contributed by atoms with Gasteiger partial charge in [-0.15, -0.1) is 0 Å². The number of nitrogens with one attached hydrogen (secondary N) is 3. The van der Waals surface area contributed by atoms with Crippen LogP contribution < -0.4 is 16.0 Å². The molecule has 0 unspecified atom stereocenters. The second kappa shape index (κ2) is 6.36. The summed E-state index contributed by atoms with van der Waals surface area (Å²) in [5.74, 6) is 0.433. The van der Waals surface area contributed by atoms with E-state index in [1.54, 1.807) is 0 Å². The Bertz CT molecular complexity index is 582. The van der Waals surface area contributed by atoms with E-state index in [1.165, 1.54) is 0 Å². The minimum absolute atomic E-state index is 0.0179. The standard InChI is InChI=1S/C16H21N3O3/c1-10(18-16(21)17-8-11-4-5-22-9-11)12-2-3-14-13(6-12)7-15(20)19-14/h2-3,6,10-11H,4-5,7-9H2,1H3,(H,19,20)(H2,17,18,21)/t10-,11-/m0/s1. The lowest BCUT2D eigenvalue weighted by molar-refractivity contribution is -0.115. The molecule has 0 spiro atoms. The first kappa shape index (κ1) is 14.8. The van der Waals surface area contributed by atoms with Gasteiger partial charge in [0.25, 0.3) is 0 Å². The van der Waals surface area contributed by atoms with Gasteiger partial charge in [-0.2, -0.15) is 0 Å². The molecule has 2 aliphatic heterocycles. The van der Waals surface area contributed by atoms with Crippen molar-refractivity contribution in [2.45, 2.75) is 25.8 Å². The van der Waals surface area contributed by atoms with E-state index < -0.39 is 0 Å². The molecule has 2 aliphatic rings. The Labute approximate surface area is 129 Å². The van der Waals surface area contributed by atoms with Crippen molar-refractivity contribution < 1.29 is 14.3 Å². The number of rotatable bonds is 4. The van der Waals surface area contributed by atoms with Crippen LogP contribution in [-0.2, 0) is 16.0 Å². The van der Waals surface area contributed by atoms with Crippen molar-refractivity contribution in [2.75, 3.05) is 25.1 Å². The molecule has 6 heteroatoms. The zero-order valence-electron chi connectivity index (χ0n) is 12.6. The quantitative estimate of drug-likeness (QED) is 0.790. The fraction of sp³-hybridized carbons (Fsp3) is 0.500. The molecule has 3 rings (SSSR count). The average Bonchev–Trinajstić information content (AvgIpc) is 3.12. The zero-order valence-corrected chi connectivity index (χ0v) is 12.6. The molecular weight excluding hydrogens is 282 g/mol. The van der Waals surface area contributed by atoms with Crippen molar-refractivity contribution >= 4 is 17.6 Å². The van der Waals surface area contributed by atoms with E-state index in [4.69, 9.17) is 4.74 Å². The summed E-state index contributed by atoms with van der Waals surface area (Å²) in [6.07, 6.45) is 1.41. The fourth-order valence-electron chi connectivity index (χ4n) is 2.83. The minimum Gasteiger partial charge on any atom is -0.381 e. The molecule has 1 fully saturated rings. The molecule has 22 heavy (non-hydrogen) atoms. The smallest absolute Gasteiger partial charge is 0.315 e. The monoisotopic (exact) mass is 303 g/mol. The van der Waals surface area contributed by atoms with Crippen LogP contribution in [-0.4, -0.2) is 31.7 Å². The van der Waals surface area contributed by atoms with Gasteiger partial charge in [-0.3, -0.25) is 4.79 Å². The Hall–Kier alpha value is -2.08. The van der Waals surface area contributed by atoms with E-state index in [-0.39, 0.29) is 18.0 Å². The van der Waals surface area contributed by atoms with Crippen LogP contribution in [0.2, 0.25) is 0 Å². The number of benzene rings is 1. The predicted molar refractivity (Wildman–Crippen MR) is 82.7 cm³/mol. The van der Waals surface area contributed by atoms with E-state index in [2.05, 4.69) is 16.0 Å². The van der Waals surface area contributed by atoms with Gasteiger partial charge < -0.3 is 20.7 Å². The van der Waals surface area contributed by atoms with Gasteiger partial charge in [0.15, 0.2) is 0 Å². The molecule has 1 aromatic carbocycles. The average molecular weight is 303 g/mol. The van der Waals surface area contributed by atoms with E-state index in [9.17, 15) is 9.59 Å². The number of hydrogen-bond acceptors (Lipinski definition) is 3. The molecule has 0 bridgehead atoms. The highest BCUT2D eigenvalue weighted by atomic mass is 16.5. The van der Waals surface area contributed by atoms with Crippen molar-refractivity contribution in [1.29, 1.82) is 0 Å². The number of ether oxygens (including phenoxy) is 1. The van der Waals surface area contributed by atoms with E-state index in [1.807, 2.05) is 25.1 Å². The molecule has 0 radical (unpaired) electrons. The van der Waals surface area contributed by atoms with Crippen LogP contribution in [0.15, 0.2) is 18.2 Å². The highest BCUT2D eigenvalue weighted by molar-refractivity contribution is 5.99. The number of amides is 3. The third kappa shape index (κ3) is 3.39. The molecule has 2 heterocycles. The Morgan fingerprint density at radius 2 is 2.36 bits per heavy atom. The zero-order chi connectivity index (χ0) is 15.5. The van der Waals surface area contributed by atoms with Gasteiger partial charge in [-0.05, 0) is 30.5 Å². The predicted octanol–water partition coefficient (Wildman–Crippen LogP) is 1.58. The lowest BCUT2D eigenvalue weighted by atomic mass is 10.0. The topological polar surface area (TPSA) is 79.5 Å². The first-order valence-electron chi connectivity index (χ1n) is 7.66. The molecule has 118 valence electrons. The number of urea groups is 1. The summed E-state index contributed by atoms with van der Waals surface area (Å²) >= 11 is 0. The van der Waals surface area contributed by atoms with Crippen LogP contribution in [0.1, 0.15) is 30.5 Å².